The first kappa shape index (κ1) is 10.9. The van der Waals surface area contributed by atoms with Crippen molar-refractivity contribution in [2.45, 2.75) is 33.6 Å². The maximum atomic E-state index is 4.24. The molecule has 2 heteroatoms. The standard InChI is InChI=1S/C14H18N2/c1-10(2)14-6-5-13(9-11(14)3)16-8-7-15-12(16)4/h5-10H,1-4H3. The van der Waals surface area contributed by atoms with Crippen LogP contribution in [0.1, 0.15) is 36.7 Å². The van der Waals surface area contributed by atoms with Gasteiger partial charge in [0.05, 0.1) is 0 Å². The Morgan fingerprint density at radius 1 is 1.19 bits per heavy atom. The minimum atomic E-state index is 0.581. The lowest BCUT2D eigenvalue weighted by molar-refractivity contribution is 0.853. The summed E-state index contributed by atoms with van der Waals surface area (Å²) in [7, 11) is 0. The van der Waals surface area contributed by atoms with E-state index in [4.69, 9.17) is 0 Å². The van der Waals surface area contributed by atoms with E-state index in [0.717, 1.165) is 5.82 Å². The van der Waals surface area contributed by atoms with E-state index < -0.39 is 0 Å². The largest absolute Gasteiger partial charge is 0.304 e. The highest BCUT2D eigenvalue weighted by Gasteiger charge is 2.06. The molecular formula is C14H18N2. The number of aryl methyl sites for hydroxylation is 2. The van der Waals surface area contributed by atoms with Crippen LogP contribution in [0.2, 0.25) is 0 Å². The Kier molecular flexibility index (Phi) is 2.82. The maximum Gasteiger partial charge on any atom is 0.110 e. The number of hydrogen-bond acceptors (Lipinski definition) is 1. The zero-order chi connectivity index (χ0) is 11.7. The summed E-state index contributed by atoms with van der Waals surface area (Å²) in [6.07, 6.45) is 3.83. The first-order valence-corrected chi connectivity index (χ1v) is 5.70. The summed E-state index contributed by atoms with van der Waals surface area (Å²) < 4.78 is 2.11. The van der Waals surface area contributed by atoms with Crippen LogP contribution in [0, 0.1) is 13.8 Å². The fourth-order valence-electron chi connectivity index (χ4n) is 2.11. The summed E-state index contributed by atoms with van der Waals surface area (Å²) in [5.74, 6) is 1.61. The molecule has 0 fully saturated rings. The smallest absolute Gasteiger partial charge is 0.110 e. The van der Waals surface area contributed by atoms with E-state index >= 15 is 0 Å². The van der Waals surface area contributed by atoms with Crippen LogP contribution in [0.3, 0.4) is 0 Å². The topological polar surface area (TPSA) is 17.8 Å². The summed E-state index contributed by atoms with van der Waals surface area (Å²) in [4.78, 5) is 4.24. The molecule has 2 aromatic rings. The monoisotopic (exact) mass is 214 g/mol. The Morgan fingerprint density at radius 2 is 1.94 bits per heavy atom. The van der Waals surface area contributed by atoms with Gasteiger partial charge in [-0.1, -0.05) is 19.9 Å². The van der Waals surface area contributed by atoms with E-state index in [1.807, 2.05) is 19.3 Å². The van der Waals surface area contributed by atoms with Gasteiger partial charge in [-0.3, -0.25) is 0 Å². The van der Waals surface area contributed by atoms with Crippen molar-refractivity contribution in [3.8, 4) is 5.69 Å². The number of nitrogens with zero attached hydrogens (tertiary/aromatic N) is 2. The highest BCUT2D eigenvalue weighted by molar-refractivity contribution is 5.42. The number of aromatic nitrogens is 2. The van der Waals surface area contributed by atoms with Crippen LogP contribution in [-0.2, 0) is 0 Å². The quantitative estimate of drug-likeness (QED) is 0.746. The molecule has 1 aromatic heterocycles. The fraction of sp³-hybridized carbons (Fsp3) is 0.357. The Balaban J connectivity index is 2.46. The summed E-state index contributed by atoms with van der Waals surface area (Å²) in [5.41, 5.74) is 3.96. The van der Waals surface area contributed by atoms with Crippen LogP contribution in [0.5, 0.6) is 0 Å². The number of rotatable bonds is 2. The molecule has 1 heterocycles. The van der Waals surface area contributed by atoms with Crippen LogP contribution in [0.15, 0.2) is 30.6 Å². The van der Waals surface area contributed by atoms with Gasteiger partial charge in [0.25, 0.3) is 0 Å². The molecule has 0 amide bonds. The first-order chi connectivity index (χ1) is 7.59. The fourth-order valence-corrected chi connectivity index (χ4v) is 2.11. The van der Waals surface area contributed by atoms with Crippen molar-refractivity contribution in [2.75, 3.05) is 0 Å². The van der Waals surface area contributed by atoms with Crippen LogP contribution >= 0.6 is 0 Å². The lowest BCUT2D eigenvalue weighted by Gasteiger charge is -2.12. The molecule has 0 spiro atoms. The number of hydrogen-bond donors (Lipinski definition) is 0. The Bertz CT molecular complexity index is 495. The Labute approximate surface area is 97.0 Å². The molecule has 16 heavy (non-hydrogen) atoms. The predicted octanol–water partition coefficient (Wildman–Crippen LogP) is 3.61. The summed E-state index contributed by atoms with van der Waals surface area (Å²) in [6.45, 7) is 8.64. The molecular weight excluding hydrogens is 196 g/mol. The number of benzene rings is 1. The summed E-state index contributed by atoms with van der Waals surface area (Å²) >= 11 is 0. The van der Waals surface area contributed by atoms with Crippen LogP contribution in [0.25, 0.3) is 5.69 Å². The minimum absolute atomic E-state index is 0.581. The third kappa shape index (κ3) is 1.87. The Hall–Kier alpha value is -1.57. The van der Waals surface area contributed by atoms with E-state index in [9.17, 15) is 0 Å². The van der Waals surface area contributed by atoms with Gasteiger partial charge < -0.3 is 4.57 Å². The van der Waals surface area contributed by atoms with Crippen molar-refractivity contribution >= 4 is 0 Å². The average molecular weight is 214 g/mol. The predicted molar refractivity (Wildman–Crippen MR) is 67.1 cm³/mol. The molecule has 2 nitrogen and oxygen atoms in total. The van der Waals surface area contributed by atoms with E-state index in [1.54, 1.807) is 0 Å². The molecule has 84 valence electrons. The highest BCUT2D eigenvalue weighted by Crippen LogP contribution is 2.22. The second-order valence-electron chi connectivity index (χ2n) is 4.54. The van der Waals surface area contributed by atoms with Gasteiger partial charge in [0.15, 0.2) is 0 Å². The zero-order valence-electron chi connectivity index (χ0n) is 10.4. The van der Waals surface area contributed by atoms with Crippen molar-refractivity contribution in [1.29, 1.82) is 0 Å². The van der Waals surface area contributed by atoms with Crippen molar-refractivity contribution < 1.29 is 0 Å². The normalized spacial score (nSPS) is 11.1. The van der Waals surface area contributed by atoms with Gasteiger partial charge in [-0.25, -0.2) is 4.98 Å². The van der Waals surface area contributed by atoms with E-state index in [0.29, 0.717) is 5.92 Å². The molecule has 0 saturated heterocycles. The van der Waals surface area contributed by atoms with Gasteiger partial charge in [-0.2, -0.15) is 0 Å². The van der Waals surface area contributed by atoms with Crippen molar-refractivity contribution in [3.05, 3.63) is 47.5 Å². The molecule has 0 radical (unpaired) electrons. The Morgan fingerprint density at radius 3 is 2.44 bits per heavy atom. The summed E-state index contributed by atoms with van der Waals surface area (Å²) in [6, 6.07) is 6.61. The van der Waals surface area contributed by atoms with Gasteiger partial charge in [-0.05, 0) is 43.0 Å². The molecule has 2 rings (SSSR count). The van der Waals surface area contributed by atoms with Crippen molar-refractivity contribution in [3.63, 3.8) is 0 Å². The van der Waals surface area contributed by atoms with Crippen LogP contribution in [0.4, 0.5) is 0 Å². The van der Waals surface area contributed by atoms with E-state index in [2.05, 4.69) is 48.5 Å². The van der Waals surface area contributed by atoms with E-state index in [-0.39, 0.29) is 0 Å². The highest BCUT2D eigenvalue weighted by atomic mass is 15.1. The lowest BCUT2D eigenvalue weighted by atomic mass is 9.98. The molecule has 0 aliphatic heterocycles. The maximum absolute atomic E-state index is 4.24. The van der Waals surface area contributed by atoms with Crippen molar-refractivity contribution in [2.24, 2.45) is 0 Å². The van der Waals surface area contributed by atoms with Gasteiger partial charge >= 0.3 is 0 Å². The minimum Gasteiger partial charge on any atom is -0.304 e. The second-order valence-corrected chi connectivity index (χ2v) is 4.54. The van der Waals surface area contributed by atoms with Gasteiger partial charge in [0.2, 0.25) is 0 Å². The molecule has 0 saturated carbocycles. The molecule has 0 unspecified atom stereocenters. The van der Waals surface area contributed by atoms with E-state index in [1.165, 1.54) is 16.8 Å². The molecule has 1 aromatic carbocycles. The second kappa shape index (κ2) is 4.12. The van der Waals surface area contributed by atoms with Crippen LogP contribution < -0.4 is 0 Å². The summed E-state index contributed by atoms with van der Waals surface area (Å²) in [5, 5.41) is 0. The third-order valence-corrected chi connectivity index (χ3v) is 2.98. The molecule has 0 bridgehead atoms. The molecule has 0 aliphatic rings. The van der Waals surface area contributed by atoms with Gasteiger partial charge in [0.1, 0.15) is 5.82 Å². The lowest BCUT2D eigenvalue weighted by Crippen LogP contribution is -1.98. The van der Waals surface area contributed by atoms with Gasteiger partial charge in [-0.15, -0.1) is 0 Å². The first-order valence-electron chi connectivity index (χ1n) is 5.70. The number of imidazole rings is 1. The van der Waals surface area contributed by atoms with Gasteiger partial charge in [0, 0.05) is 18.1 Å². The SMILES string of the molecule is Cc1cc(-n2ccnc2C)ccc1C(C)C. The molecule has 0 N–H and O–H groups in total. The average Bonchev–Trinajstić information content (AvgIpc) is 2.63. The molecule has 0 atom stereocenters. The third-order valence-electron chi connectivity index (χ3n) is 2.98. The van der Waals surface area contributed by atoms with Crippen molar-refractivity contribution in [1.82, 2.24) is 9.55 Å². The zero-order valence-corrected chi connectivity index (χ0v) is 10.4. The van der Waals surface area contributed by atoms with Crippen LogP contribution in [-0.4, -0.2) is 9.55 Å². The molecule has 0 aliphatic carbocycles.